The van der Waals surface area contributed by atoms with Crippen molar-refractivity contribution in [1.82, 2.24) is 0 Å². The highest BCUT2D eigenvalue weighted by atomic mass is 16.3. The number of carbonyl (C=O) groups excluding carboxylic acids is 1. The van der Waals surface area contributed by atoms with Crippen LogP contribution in [0.5, 0.6) is 5.75 Å². The van der Waals surface area contributed by atoms with Crippen LogP contribution in [0.1, 0.15) is 5.56 Å². The third kappa shape index (κ3) is 1.91. The van der Waals surface area contributed by atoms with Gasteiger partial charge in [-0.25, -0.2) is 0 Å². The third-order valence-electron chi connectivity index (χ3n) is 2.30. The molecular weight excluding hydrogens is 190 g/mol. The number of carbonyl (C=O) groups is 1. The molecule has 2 rings (SSSR count). The second-order valence-electron chi connectivity index (χ2n) is 3.47. The van der Waals surface area contributed by atoms with Gasteiger partial charge in [0.2, 0.25) is 5.91 Å². The van der Waals surface area contributed by atoms with Crippen molar-refractivity contribution in [2.24, 2.45) is 5.73 Å². The molecule has 76 valence electrons. The number of hydrogen-bond donors (Lipinski definition) is 2. The molecule has 2 aromatic carbocycles. The fourth-order valence-electron chi connectivity index (χ4n) is 1.71. The summed E-state index contributed by atoms with van der Waals surface area (Å²) in [5.41, 5.74) is 5.91. The van der Waals surface area contributed by atoms with Crippen molar-refractivity contribution < 1.29 is 9.90 Å². The molecule has 0 aliphatic heterocycles. The van der Waals surface area contributed by atoms with Gasteiger partial charge in [-0.05, 0) is 28.5 Å². The van der Waals surface area contributed by atoms with Crippen LogP contribution in [0.4, 0.5) is 0 Å². The number of phenolic OH excluding ortho intramolecular Hbond substituents is 1. The highest BCUT2D eigenvalue weighted by molar-refractivity contribution is 5.90. The van der Waals surface area contributed by atoms with Crippen LogP contribution in [0.2, 0.25) is 0 Å². The fraction of sp³-hybridized carbons (Fsp3) is 0.0833. The van der Waals surface area contributed by atoms with Crippen LogP contribution in [-0.4, -0.2) is 11.0 Å². The summed E-state index contributed by atoms with van der Waals surface area (Å²) in [4.78, 5) is 10.9. The molecule has 0 saturated heterocycles. The maximum absolute atomic E-state index is 10.9. The Balaban J connectivity index is 2.65. The standard InChI is InChI=1S/C12H11NO2/c13-12(15)7-9-6-10(14)5-8-3-1-2-4-11(8)9/h1-6,14H,7H2,(H2,13,15). The monoisotopic (exact) mass is 201 g/mol. The summed E-state index contributed by atoms with van der Waals surface area (Å²) < 4.78 is 0. The van der Waals surface area contributed by atoms with Crippen molar-refractivity contribution in [3.05, 3.63) is 42.0 Å². The molecule has 0 aliphatic rings. The van der Waals surface area contributed by atoms with Crippen molar-refractivity contribution >= 4 is 16.7 Å². The molecule has 1 amide bonds. The van der Waals surface area contributed by atoms with E-state index in [2.05, 4.69) is 0 Å². The lowest BCUT2D eigenvalue weighted by Crippen LogP contribution is -2.13. The maximum atomic E-state index is 10.9. The SMILES string of the molecule is NC(=O)Cc1cc(O)cc2ccccc12. The van der Waals surface area contributed by atoms with E-state index in [1.165, 1.54) is 0 Å². The first-order chi connectivity index (χ1) is 7.16. The predicted octanol–water partition coefficient (Wildman–Crippen LogP) is 1.57. The van der Waals surface area contributed by atoms with Gasteiger partial charge in [-0.1, -0.05) is 24.3 Å². The molecule has 3 nitrogen and oxygen atoms in total. The molecule has 15 heavy (non-hydrogen) atoms. The first-order valence-electron chi connectivity index (χ1n) is 4.66. The lowest BCUT2D eigenvalue weighted by Gasteiger charge is -2.05. The number of rotatable bonds is 2. The first-order valence-corrected chi connectivity index (χ1v) is 4.66. The summed E-state index contributed by atoms with van der Waals surface area (Å²) >= 11 is 0. The van der Waals surface area contributed by atoms with E-state index in [0.717, 1.165) is 16.3 Å². The van der Waals surface area contributed by atoms with Gasteiger partial charge in [-0.3, -0.25) is 4.79 Å². The second kappa shape index (κ2) is 3.61. The van der Waals surface area contributed by atoms with Gasteiger partial charge in [0.1, 0.15) is 5.75 Å². The molecule has 0 bridgehead atoms. The molecule has 0 saturated carbocycles. The van der Waals surface area contributed by atoms with Crippen LogP contribution in [0, 0.1) is 0 Å². The molecule has 0 unspecified atom stereocenters. The summed E-state index contributed by atoms with van der Waals surface area (Å²) in [5, 5.41) is 11.3. The van der Waals surface area contributed by atoms with Gasteiger partial charge in [0.05, 0.1) is 6.42 Å². The van der Waals surface area contributed by atoms with Crippen molar-refractivity contribution in [2.75, 3.05) is 0 Å². The Labute approximate surface area is 87.1 Å². The molecule has 0 heterocycles. The number of benzene rings is 2. The van der Waals surface area contributed by atoms with Gasteiger partial charge in [-0.2, -0.15) is 0 Å². The summed E-state index contributed by atoms with van der Waals surface area (Å²) in [6, 6.07) is 10.8. The third-order valence-corrected chi connectivity index (χ3v) is 2.30. The van der Waals surface area contributed by atoms with E-state index in [-0.39, 0.29) is 12.2 Å². The smallest absolute Gasteiger partial charge is 0.221 e. The maximum Gasteiger partial charge on any atom is 0.221 e. The topological polar surface area (TPSA) is 63.3 Å². The average molecular weight is 201 g/mol. The minimum Gasteiger partial charge on any atom is -0.508 e. The molecule has 0 fully saturated rings. The number of phenols is 1. The first kappa shape index (κ1) is 9.52. The number of nitrogens with two attached hydrogens (primary N) is 1. The van der Waals surface area contributed by atoms with Gasteiger partial charge in [0.15, 0.2) is 0 Å². The van der Waals surface area contributed by atoms with Crippen LogP contribution < -0.4 is 5.73 Å². The van der Waals surface area contributed by atoms with Crippen LogP contribution in [0.25, 0.3) is 10.8 Å². The summed E-state index contributed by atoms with van der Waals surface area (Å²) in [6.45, 7) is 0. The second-order valence-corrected chi connectivity index (χ2v) is 3.47. The van der Waals surface area contributed by atoms with Crippen LogP contribution in [-0.2, 0) is 11.2 Å². The summed E-state index contributed by atoms with van der Waals surface area (Å²) in [7, 11) is 0. The predicted molar refractivity (Wildman–Crippen MR) is 58.5 cm³/mol. The molecule has 0 spiro atoms. The molecule has 3 heteroatoms. The molecular formula is C12H11NO2. The van der Waals surface area contributed by atoms with Crippen molar-refractivity contribution in [3.8, 4) is 5.75 Å². The Bertz CT molecular complexity index is 520. The van der Waals surface area contributed by atoms with Crippen LogP contribution in [0.15, 0.2) is 36.4 Å². The van der Waals surface area contributed by atoms with Crippen molar-refractivity contribution in [3.63, 3.8) is 0 Å². The van der Waals surface area contributed by atoms with Crippen LogP contribution >= 0.6 is 0 Å². The van der Waals surface area contributed by atoms with Gasteiger partial charge in [-0.15, -0.1) is 0 Å². The zero-order valence-electron chi connectivity index (χ0n) is 8.10. The lowest BCUT2D eigenvalue weighted by atomic mass is 10.0. The van der Waals surface area contributed by atoms with E-state index in [4.69, 9.17) is 5.73 Å². The number of primary amides is 1. The molecule has 0 aliphatic carbocycles. The molecule has 0 atom stereocenters. The van der Waals surface area contributed by atoms with Crippen molar-refractivity contribution in [1.29, 1.82) is 0 Å². The zero-order valence-corrected chi connectivity index (χ0v) is 8.10. The molecule has 0 radical (unpaired) electrons. The number of hydrogen-bond acceptors (Lipinski definition) is 2. The average Bonchev–Trinajstić information content (AvgIpc) is 2.16. The van der Waals surface area contributed by atoms with E-state index < -0.39 is 5.91 Å². The Morgan fingerprint density at radius 3 is 2.73 bits per heavy atom. The van der Waals surface area contributed by atoms with Gasteiger partial charge in [0.25, 0.3) is 0 Å². The number of aromatic hydroxyl groups is 1. The van der Waals surface area contributed by atoms with E-state index in [9.17, 15) is 9.90 Å². The van der Waals surface area contributed by atoms with Gasteiger partial charge in [0, 0.05) is 0 Å². The Morgan fingerprint density at radius 2 is 2.00 bits per heavy atom. The van der Waals surface area contributed by atoms with E-state index >= 15 is 0 Å². The summed E-state index contributed by atoms with van der Waals surface area (Å²) in [5.74, 6) is -0.240. The van der Waals surface area contributed by atoms with E-state index in [1.807, 2.05) is 24.3 Å². The van der Waals surface area contributed by atoms with Crippen LogP contribution in [0.3, 0.4) is 0 Å². The Kier molecular flexibility index (Phi) is 2.29. The normalized spacial score (nSPS) is 10.4. The fourth-order valence-corrected chi connectivity index (χ4v) is 1.71. The van der Waals surface area contributed by atoms with Crippen molar-refractivity contribution in [2.45, 2.75) is 6.42 Å². The molecule has 0 aromatic heterocycles. The summed E-state index contributed by atoms with van der Waals surface area (Å²) in [6.07, 6.45) is 0.148. The Hall–Kier alpha value is -2.03. The number of fused-ring (bicyclic) bond motifs is 1. The quantitative estimate of drug-likeness (QED) is 0.774. The van der Waals surface area contributed by atoms with E-state index in [1.54, 1.807) is 12.1 Å². The lowest BCUT2D eigenvalue weighted by molar-refractivity contribution is -0.117. The highest BCUT2D eigenvalue weighted by Crippen LogP contribution is 2.24. The Morgan fingerprint density at radius 1 is 1.27 bits per heavy atom. The number of amides is 1. The van der Waals surface area contributed by atoms with E-state index in [0.29, 0.717) is 0 Å². The highest BCUT2D eigenvalue weighted by Gasteiger charge is 2.05. The van der Waals surface area contributed by atoms with Gasteiger partial charge < -0.3 is 10.8 Å². The zero-order chi connectivity index (χ0) is 10.8. The largest absolute Gasteiger partial charge is 0.508 e. The molecule has 2 aromatic rings. The minimum atomic E-state index is -0.397. The van der Waals surface area contributed by atoms with Gasteiger partial charge >= 0.3 is 0 Å². The minimum absolute atomic E-state index is 0.148. The molecule has 3 N–H and O–H groups in total.